The number of hydrogen-bond donors (Lipinski definition) is 0. The lowest BCUT2D eigenvalue weighted by molar-refractivity contribution is 0.242. The molecular formula is C20H16FN3O2S. The maximum absolute atomic E-state index is 13.0. The molecular weight excluding hydrogens is 365 g/mol. The highest BCUT2D eigenvalue weighted by molar-refractivity contribution is 7.15. The minimum Gasteiger partial charge on any atom is -0.491 e. The van der Waals surface area contributed by atoms with Gasteiger partial charge in [-0.1, -0.05) is 23.5 Å². The Morgan fingerprint density at radius 3 is 2.44 bits per heavy atom. The van der Waals surface area contributed by atoms with Crippen LogP contribution in [0.5, 0.6) is 5.75 Å². The summed E-state index contributed by atoms with van der Waals surface area (Å²) in [6.45, 7) is 3.94. The zero-order valence-electron chi connectivity index (χ0n) is 14.7. The normalized spacial score (nSPS) is 12.2. The fourth-order valence-corrected chi connectivity index (χ4v) is 3.53. The molecule has 4 aromatic rings. The summed E-state index contributed by atoms with van der Waals surface area (Å²) in [5.41, 5.74) is 1.32. The zero-order chi connectivity index (χ0) is 19.0. The van der Waals surface area contributed by atoms with Crippen molar-refractivity contribution in [2.45, 2.75) is 20.0 Å². The Balaban J connectivity index is 1.68. The lowest BCUT2D eigenvalue weighted by atomic mass is 10.2. The number of benzene rings is 2. The number of ether oxygens (including phenoxy) is 1. The van der Waals surface area contributed by atoms with Crippen LogP contribution >= 0.6 is 11.3 Å². The largest absolute Gasteiger partial charge is 0.491 e. The van der Waals surface area contributed by atoms with E-state index in [1.807, 2.05) is 38.1 Å². The smallest absolute Gasteiger partial charge is 0.291 e. The van der Waals surface area contributed by atoms with Crippen LogP contribution in [0.25, 0.3) is 22.4 Å². The Bertz CT molecular complexity index is 1200. The van der Waals surface area contributed by atoms with Gasteiger partial charge >= 0.3 is 0 Å². The molecule has 7 heteroatoms. The van der Waals surface area contributed by atoms with Gasteiger partial charge in [0.05, 0.1) is 10.6 Å². The van der Waals surface area contributed by atoms with Gasteiger partial charge in [0, 0.05) is 5.56 Å². The molecule has 0 fully saturated rings. The topological polar surface area (TPSA) is 56.5 Å². The molecule has 0 aliphatic carbocycles. The van der Waals surface area contributed by atoms with Gasteiger partial charge in [-0.25, -0.2) is 4.39 Å². The Hall–Kier alpha value is -3.06. The Morgan fingerprint density at radius 2 is 1.81 bits per heavy atom. The number of fused-ring (bicyclic) bond motifs is 1. The number of halogens is 1. The molecule has 0 saturated carbocycles. The highest BCUT2D eigenvalue weighted by atomic mass is 32.1. The van der Waals surface area contributed by atoms with Crippen LogP contribution < -0.4 is 14.8 Å². The minimum absolute atomic E-state index is 0.103. The maximum Gasteiger partial charge on any atom is 0.291 e. The van der Waals surface area contributed by atoms with Crippen LogP contribution in [0.1, 0.15) is 19.4 Å². The predicted octanol–water partition coefficient (Wildman–Crippen LogP) is 3.29. The van der Waals surface area contributed by atoms with E-state index in [4.69, 9.17) is 4.74 Å². The van der Waals surface area contributed by atoms with E-state index < -0.39 is 0 Å². The van der Waals surface area contributed by atoms with Crippen LogP contribution in [0.15, 0.2) is 53.3 Å². The minimum atomic E-state index is -0.313. The summed E-state index contributed by atoms with van der Waals surface area (Å²) in [7, 11) is 0. The predicted molar refractivity (Wildman–Crippen MR) is 104 cm³/mol. The van der Waals surface area contributed by atoms with Gasteiger partial charge in [0.1, 0.15) is 11.6 Å². The second kappa shape index (κ2) is 6.92. The molecule has 0 N–H and O–H groups in total. The zero-order valence-corrected chi connectivity index (χ0v) is 15.5. The van der Waals surface area contributed by atoms with Crippen molar-refractivity contribution in [1.29, 1.82) is 0 Å². The SMILES string of the molecule is CC(C)Oc1ccc(-c2nc3s/c(=C\c4ccc(F)cc4)c(=O)n3n2)cc1. The molecule has 0 radical (unpaired) electrons. The number of thiazole rings is 1. The molecule has 2 heterocycles. The first-order valence-corrected chi connectivity index (χ1v) is 9.25. The molecule has 27 heavy (non-hydrogen) atoms. The summed E-state index contributed by atoms with van der Waals surface area (Å²) in [5, 5.41) is 4.33. The van der Waals surface area contributed by atoms with E-state index >= 15 is 0 Å². The quantitative estimate of drug-likeness (QED) is 0.544. The van der Waals surface area contributed by atoms with Gasteiger partial charge in [0.15, 0.2) is 5.82 Å². The van der Waals surface area contributed by atoms with E-state index in [0.717, 1.165) is 16.9 Å². The third kappa shape index (κ3) is 3.59. The van der Waals surface area contributed by atoms with Gasteiger partial charge in [0.2, 0.25) is 4.96 Å². The number of nitrogens with zero attached hydrogens (tertiary/aromatic N) is 3. The van der Waals surface area contributed by atoms with E-state index in [-0.39, 0.29) is 17.5 Å². The van der Waals surface area contributed by atoms with E-state index in [0.29, 0.717) is 15.3 Å². The van der Waals surface area contributed by atoms with Gasteiger partial charge in [-0.3, -0.25) is 4.79 Å². The maximum atomic E-state index is 13.0. The number of hydrogen-bond acceptors (Lipinski definition) is 5. The molecule has 2 aromatic carbocycles. The van der Waals surface area contributed by atoms with Gasteiger partial charge in [-0.05, 0) is 61.9 Å². The van der Waals surface area contributed by atoms with Crippen molar-refractivity contribution in [3.63, 3.8) is 0 Å². The summed E-state index contributed by atoms with van der Waals surface area (Å²) in [5.74, 6) is 0.949. The molecule has 0 saturated heterocycles. The first-order chi connectivity index (χ1) is 13.0. The molecule has 0 aliphatic rings. The average molecular weight is 381 g/mol. The Labute approximate surface area is 158 Å². The highest BCUT2D eigenvalue weighted by Crippen LogP contribution is 2.21. The first kappa shape index (κ1) is 17.4. The highest BCUT2D eigenvalue weighted by Gasteiger charge is 2.12. The van der Waals surface area contributed by atoms with Crippen molar-refractivity contribution in [2.75, 3.05) is 0 Å². The van der Waals surface area contributed by atoms with Crippen LogP contribution in [-0.2, 0) is 0 Å². The van der Waals surface area contributed by atoms with Gasteiger partial charge in [0.25, 0.3) is 5.56 Å². The first-order valence-electron chi connectivity index (χ1n) is 8.43. The summed E-state index contributed by atoms with van der Waals surface area (Å²) < 4.78 is 20.4. The van der Waals surface area contributed by atoms with Crippen LogP contribution in [0, 0.1) is 5.82 Å². The Morgan fingerprint density at radius 1 is 1.11 bits per heavy atom. The standard InChI is InChI=1S/C20H16FN3O2S/c1-12(2)26-16-9-5-14(6-10-16)18-22-20-24(23-18)19(25)17(27-20)11-13-3-7-15(21)8-4-13/h3-12H,1-2H3/b17-11-. The van der Waals surface area contributed by atoms with Crippen LogP contribution in [0.3, 0.4) is 0 Å². The van der Waals surface area contributed by atoms with E-state index in [1.165, 1.54) is 28.0 Å². The molecule has 0 aliphatic heterocycles. The summed E-state index contributed by atoms with van der Waals surface area (Å²) >= 11 is 1.25. The van der Waals surface area contributed by atoms with E-state index in [9.17, 15) is 9.18 Å². The summed E-state index contributed by atoms with van der Waals surface area (Å²) in [4.78, 5) is 17.5. The van der Waals surface area contributed by atoms with Crippen LogP contribution in [0.2, 0.25) is 0 Å². The number of rotatable bonds is 4. The van der Waals surface area contributed by atoms with Crippen LogP contribution in [-0.4, -0.2) is 20.7 Å². The third-order valence-electron chi connectivity index (χ3n) is 3.83. The molecule has 0 atom stereocenters. The molecule has 2 aromatic heterocycles. The van der Waals surface area contributed by atoms with Crippen molar-refractivity contribution in [2.24, 2.45) is 0 Å². The van der Waals surface area contributed by atoms with E-state index in [1.54, 1.807) is 18.2 Å². The summed E-state index contributed by atoms with van der Waals surface area (Å²) in [6.07, 6.45) is 1.81. The molecule has 136 valence electrons. The van der Waals surface area contributed by atoms with Crippen LogP contribution in [0.4, 0.5) is 4.39 Å². The monoisotopic (exact) mass is 381 g/mol. The Kier molecular flexibility index (Phi) is 4.45. The van der Waals surface area contributed by atoms with Crippen molar-refractivity contribution >= 4 is 22.4 Å². The van der Waals surface area contributed by atoms with Crippen molar-refractivity contribution in [3.05, 3.63) is 74.8 Å². The van der Waals surface area contributed by atoms with Crippen molar-refractivity contribution in [3.8, 4) is 17.1 Å². The molecule has 0 spiro atoms. The lowest BCUT2D eigenvalue weighted by Crippen LogP contribution is -2.23. The van der Waals surface area contributed by atoms with Gasteiger partial charge in [-0.2, -0.15) is 9.50 Å². The average Bonchev–Trinajstić information content (AvgIpc) is 3.17. The van der Waals surface area contributed by atoms with Gasteiger partial charge < -0.3 is 4.74 Å². The second-order valence-corrected chi connectivity index (χ2v) is 7.30. The molecule has 0 unspecified atom stereocenters. The third-order valence-corrected chi connectivity index (χ3v) is 4.79. The fourth-order valence-electron chi connectivity index (χ4n) is 2.62. The lowest BCUT2D eigenvalue weighted by Gasteiger charge is -2.09. The molecule has 0 amide bonds. The molecule has 4 rings (SSSR count). The molecule has 0 bridgehead atoms. The fraction of sp³-hybridized carbons (Fsp3) is 0.150. The van der Waals surface area contributed by atoms with E-state index in [2.05, 4.69) is 10.1 Å². The van der Waals surface area contributed by atoms with Crippen molar-refractivity contribution in [1.82, 2.24) is 14.6 Å². The summed E-state index contributed by atoms with van der Waals surface area (Å²) in [6, 6.07) is 13.4. The second-order valence-electron chi connectivity index (χ2n) is 6.29. The molecule has 5 nitrogen and oxygen atoms in total. The van der Waals surface area contributed by atoms with Crippen molar-refractivity contribution < 1.29 is 9.13 Å². The van der Waals surface area contributed by atoms with Gasteiger partial charge in [-0.15, -0.1) is 5.10 Å². The number of aromatic nitrogens is 3.